The van der Waals surface area contributed by atoms with Crippen molar-refractivity contribution in [2.24, 2.45) is 35.5 Å². The topological polar surface area (TPSA) is 112 Å². The van der Waals surface area contributed by atoms with Gasteiger partial charge in [0.15, 0.2) is 0 Å². The maximum Gasteiger partial charge on any atom is 1.00 e. The molecule has 0 heterocycles. The minimum atomic E-state index is -0.926. The molecule has 2 N–H and O–H groups in total. The van der Waals surface area contributed by atoms with E-state index in [2.05, 4.69) is 65.4 Å². The number of aliphatic carboxylic acids is 1. The van der Waals surface area contributed by atoms with Gasteiger partial charge in [0.1, 0.15) is 11.5 Å². The maximum atomic E-state index is 11.3. The van der Waals surface area contributed by atoms with Crippen molar-refractivity contribution in [1.82, 2.24) is 0 Å². The molecule has 0 aliphatic heterocycles. The van der Waals surface area contributed by atoms with Crippen LogP contribution in [-0.4, -0.2) is 43.9 Å². The number of rotatable bonds is 10. The first kappa shape index (κ1) is 44.5. The van der Waals surface area contributed by atoms with Crippen molar-refractivity contribution in [2.75, 3.05) is 21.3 Å². The molecule has 8 fully saturated rings. The molecule has 314 valence electrons. The summed E-state index contributed by atoms with van der Waals surface area (Å²) >= 11 is 0. The summed E-state index contributed by atoms with van der Waals surface area (Å²) in [6, 6.07) is 29.8. The van der Waals surface area contributed by atoms with Gasteiger partial charge in [0.25, 0.3) is 0 Å². The van der Waals surface area contributed by atoms with Crippen LogP contribution in [0.3, 0.4) is 0 Å². The van der Waals surface area contributed by atoms with E-state index in [1.807, 2.05) is 24.3 Å². The number of carboxylic acid groups (broad SMARTS) is 1. The minimum Gasteiger partial charge on any atom is -0.870 e. The third-order valence-corrected chi connectivity index (χ3v) is 15.1. The predicted molar refractivity (Wildman–Crippen MR) is 236 cm³/mol. The predicted octanol–water partition coefficient (Wildman–Crippen LogP) is 8.77. The number of esters is 1. The molecule has 8 saturated carbocycles. The van der Waals surface area contributed by atoms with Gasteiger partial charge in [-0.25, -0.2) is 9.59 Å². The standard InChI is InChI=1S/C27H30O3.C26H28O3.Li.H2O/c1-29-25-9-8-23(22-6-3-18(4-7-22)5-10-26(28)30-2)14-24(25)27-15-19-11-20(16-27)13-21(12-19)17-27;1-29-24-8-7-22(21-5-2-17(3-6-21)4-9-25(27)28)13-23(24)26-14-18-10-19(15-26)12-20(11-18)16-26;;/h3-10,14,19-21H,11-13,15-17H2,1-2H3;2-9,13,18-20H,10-12,14-16H2,1H3,(H,27,28);;1H2/q;;+1;/p-1. The van der Waals surface area contributed by atoms with Crippen LogP contribution >= 0.6 is 0 Å². The van der Waals surface area contributed by atoms with E-state index in [4.69, 9.17) is 14.6 Å². The van der Waals surface area contributed by atoms with Gasteiger partial charge in [-0.2, -0.15) is 0 Å². The van der Waals surface area contributed by atoms with E-state index < -0.39 is 5.97 Å². The Labute approximate surface area is 373 Å². The number of methoxy groups -OCH3 is 3. The fraction of sp³-hybridized carbons (Fsp3) is 0.434. The summed E-state index contributed by atoms with van der Waals surface area (Å²) in [6.45, 7) is 0. The summed E-state index contributed by atoms with van der Waals surface area (Å²) in [6.07, 6.45) is 22.6. The van der Waals surface area contributed by atoms with E-state index >= 15 is 0 Å². The number of benzene rings is 4. The zero-order valence-electron chi connectivity index (χ0n) is 36.3. The van der Waals surface area contributed by atoms with Crippen LogP contribution in [0.15, 0.2) is 97.1 Å². The summed E-state index contributed by atoms with van der Waals surface area (Å²) in [5.74, 6) is 6.25. The third-order valence-electron chi connectivity index (χ3n) is 15.1. The van der Waals surface area contributed by atoms with Gasteiger partial charge in [0, 0.05) is 23.3 Å². The van der Waals surface area contributed by atoms with E-state index in [-0.39, 0.29) is 30.3 Å². The van der Waals surface area contributed by atoms with Crippen LogP contribution in [0.25, 0.3) is 34.4 Å². The van der Waals surface area contributed by atoms with Gasteiger partial charge in [-0.05, 0) is 193 Å². The fourth-order valence-corrected chi connectivity index (χ4v) is 13.5. The normalized spacial score (nSPS) is 28.7. The van der Waals surface area contributed by atoms with Gasteiger partial charge >= 0.3 is 30.8 Å². The summed E-state index contributed by atoms with van der Waals surface area (Å²) in [5, 5.41) is 8.81. The Hall–Kier alpha value is -4.54. The molecule has 0 aromatic heterocycles. The van der Waals surface area contributed by atoms with Crippen molar-refractivity contribution in [1.29, 1.82) is 0 Å². The van der Waals surface area contributed by atoms with Crippen LogP contribution in [0.5, 0.6) is 11.5 Å². The number of hydrogen-bond acceptors (Lipinski definition) is 6. The van der Waals surface area contributed by atoms with Gasteiger partial charge in [-0.1, -0.05) is 60.7 Å². The van der Waals surface area contributed by atoms with Gasteiger partial charge in [0.05, 0.1) is 21.3 Å². The Kier molecular flexibility index (Phi) is 13.5. The van der Waals surface area contributed by atoms with Crippen molar-refractivity contribution >= 4 is 24.1 Å². The fourth-order valence-electron chi connectivity index (χ4n) is 13.5. The first-order valence-electron chi connectivity index (χ1n) is 21.9. The molecule has 0 unspecified atom stereocenters. The minimum absolute atomic E-state index is 0. The molecule has 7 nitrogen and oxygen atoms in total. The quantitative estimate of drug-likeness (QED) is 0.0969. The number of carboxylic acids is 1. The number of carbonyl (C=O) groups is 2. The Balaban J connectivity index is 0.000000178. The van der Waals surface area contributed by atoms with E-state index in [1.165, 1.54) is 124 Å². The first-order chi connectivity index (χ1) is 28.6. The summed E-state index contributed by atoms with van der Waals surface area (Å²) in [4.78, 5) is 22.0. The molecule has 8 bridgehead atoms. The molecular formula is C53H59LiO7. The van der Waals surface area contributed by atoms with Crippen LogP contribution in [-0.2, 0) is 25.2 Å². The largest absolute Gasteiger partial charge is 1.00 e. The zero-order chi connectivity index (χ0) is 40.7. The molecule has 0 radical (unpaired) electrons. The Morgan fingerprint density at radius 3 is 1.16 bits per heavy atom. The Bertz CT molecular complexity index is 2180. The number of hydrogen-bond donors (Lipinski definition) is 1. The van der Waals surface area contributed by atoms with E-state index in [0.717, 1.165) is 63.7 Å². The van der Waals surface area contributed by atoms with Crippen LogP contribution in [0.1, 0.15) is 99.3 Å². The molecule has 0 atom stereocenters. The Morgan fingerprint density at radius 1 is 0.525 bits per heavy atom. The van der Waals surface area contributed by atoms with Gasteiger partial charge in [-0.15, -0.1) is 0 Å². The monoisotopic (exact) mass is 814 g/mol. The molecule has 8 aliphatic rings. The molecule has 4 aromatic rings. The molecule has 0 spiro atoms. The molecule has 12 rings (SSSR count). The van der Waals surface area contributed by atoms with E-state index in [9.17, 15) is 9.59 Å². The average molecular weight is 815 g/mol. The van der Waals surface area contributed by atoms with Crippen LogP contribution in [0.2, 0.25) is 0 Å². The SMILES string of the molecule is COC(=O)C=Cc1ccc(-c2ccc(OC)c(C34CC5CC(CC(C5)C3)C4)c2)cc1.COc1ccc(-c2ccc(C=CC(=O)O)cc2)cc1C12CC3CC(CC(C3)C1)C2.[Li+].[OH-]. The van der Waals surface area contributed by atoms with Crippen molar-refractivity contribution in [3.05, 3.63) is 119 Å². The summed E-state index contributed by atoms with van der Waals surface area (Å²) in [5.41, 5.74) is 10.1. The molecule has 8 aliphatic carbocycles. The molecule has 4 aromatic carbocycles. The van der Waals surface area contributed by atoms with Crippen LogP contribution < -0.4 is 28.3 Å². The number of carbonyl (C=O) groups excluding carboxylic acids is 1. The third kappa shape index (κ3) is 9.17. The van der Waals surface area contributed by atoms with Crippen LogP contribution in [0.4, 0.5) is 0 Å². The van der Waals surface area contributed by atoms with Gasteiger partial charge < -0.3 is 24.8 Å². The zero-order valence-corrected chi connectivity index (χ0v) is 36.3. The molecule has 0 amide bonds. The summed E-state index contributed by atoms with van der Waals surface area (Å²) < 4.78 is 16.4. The van der Waals surface area contributed by atoms with E-state index in [0.29, 0.717) is 10.8 Å². The average Bonchev–Trinajstić information content (AvgIpc) is 3.24. The smallest absolute Gasteiger partial charge is 0.870 e. The second-order valence-corrected chi connectivity index (χ2v) is 19.0. The van der Waals surface area contributed by atoms with Crippen molar-refractivity contribution in [2.45, 2.75) is 87.9 Å². The molecular weight excluding hydrogens is 756 g/mol. The van der Waals surface area contributed by atoms with E-state index in [1.54, 1.807) is 26.4 Å². The van der Waals surface area contributed by atoms with Gasteiger partial charge in [-0.3, -0.25) is 0 Å². The molecule has 8 heteroatoms. The van der Waals surface area contributed by atoms with Gasteiger partial charge in [0.2, 0.25) is 0 Å². The van der Waals surface area contributed by atoms with Crippen molar-refractivity contribution < 1.29 is 53.2 Å². The number of ether oxygens (including phenoxy) is 3. The molecule has 0 saturated heterocycles. The molecule has 61 heavy (non-hydrogen) atoms. The second-order valence-electron chi connectivity index (χ2n) is 19.0. The van der Waals surface area contributed by atoms with Crippen LogP contribution in [0, 0.1) is 35.5 Å². The second kappa shape index (κ2) is 18.4. The van der Waals surface area contributed by atoms with Crippen molar-refractivity contribution in [3.8, 4) is 33.8 Å². The Morgan fingerprint density at radius 2 is 0.852 bits per heavy atom. The van der Waals surface area contributed by atoms with Crippen molar-refractivity contribution in [3.63, 3.8) is 0 Å². The first-order valence-corrected chi connectivity index (χ1v) is 21.9. The summed E-state index contributed by atoms with van der Waals surface area (Å²) in [7, 11) is 4.99. The maximum absolute atomic E-state index is 11.3.